The summed E-state index contributed by atoms with van der Waals surface area (Å²) in [4.78, 5) is 14.4. The van der Waals surface area contributed by atoms with Crippen LogP contribution < -0.4 is 5.32 Å². The Labute approximate surface area is 118 Å². The SMILES string of the molecule is CCC(CC)CN(CC)C(=O)C(C)C1CNC1.Cl. The molecule has 0 aromatic heterocycles. The van der Waals surface area contributed by atoms with E-state index in [2.05, 4.69) is 37.9 Å². The third kappa shape index (κ3) is 4.43. The number of nitrogens with zero attached hydrogens (tertiary/aromatic N) is 1. The maximum absolute atomic E-state index is 12.4. The van der Waals surface area contributed by atoms with Gasteiger partial charge in [-0.25, -0.2) is 0 Å². The quantitative estimate of drug-likeness (QED) is 0.775. The van der Waals surface area contributed by atoms with Crippen molar-refractivity contribution in [3.63, 3.8) is 0 Å². The summed E-state index contributed by atoms with van der Waals surface area (Å²) in [6.07, 6.45) is 2.33. The molecule has 1 rings (SSSR count). The summed E-state index contributed by atoms with van der Waals surface area (Å²) in [7, 11) is 0. The average molecular weight is 277 g/mol. The van der Waals surface area contributed by atoms with Crippen LogP contribution in [0.15, 0.2) is 0 Å². The van der Waals surface area contributed by atoms with Crippen molar-refractivity contribution in [1.82, 2.24) is 10.2 Å². The summed E-state index contributed by atoms with van der Waals surface area (Å²) in [6.45, 7) is 12.4. The normalized spacial score (nSPS) is 16.9. The van der Waals surface area contributed by atoms with Gasteiger partial charge >= 0.3 is 0 Å². The molecule has 0 spiro atoms. The van der Waals surface area contributed by atoms with Gasteiger partial charge in [-0.3, -0.25) is 4.79 Å². The van der Waals surface area contributed by atoms with Gasteiger partial charge in [0, 0.05) is 19.0 Å². The van der Waals surface area contributed by atoms with E-state index in [1.54, 1.807) is 0 Å². The number of rotatable bonds is 7. The van der Waals surface area contributed by atoms with Crippen LogP contribution in [0.1, 0.15) is 40.5 Å². The van der Waals surface area contributed by atoms with Crippen LogP contribution in [0.3, 0.4) is 0 Å². The lowest BCUT2D eigenvalue weighted by molar-refractivity contribution is -0.137. The van der Waals surface area contributed by atoms with Crippen molar-refractivity contribution in [2.75, 3.05) is 26.2 Å². The monoisotopic (exact) mass is 276 g/mol. The van der Waals surface area contributed by atoms with Gasteiger partial charge in [-0.2, -0.15) is 0 Å². The molecule has 1 atom stereocenters. The van der Waals surface area contributed by atoms with Crippen LogP contribution >= 0.6 is 12.4 Å². The van der Waals surface area contributed by atoms with Crippen LogP contribution in [0.4, 0.5) is 0 Å². The van der Waals surface area contributed by atoms with Gasteiger partial charge in [0.2, 0.25) is 5.91 Å². The van der Waals surface area contributed by atoms with E-state index < -0.39 is 0 Å². The average Bonchev–Trinajstić information content (AvgIpc) is 2.27. The molecule has 1 N–H and O–H groups in total. The number of halogens is 1. The summed E-state index contributed by atoms with van der Waals surface area (Å²) in [5.74, 6) is 1.75. The minimum Gasteiger partial charge on any atom is -0.342 e. The molecule has 1 unspecified atom stereocenters. The van der Waals surface area contributed by atoms with Crippen molar-refractivity contribution in [1.29, 1.82) is 0 Å². The van der Waals surface area contributed by atoms with Crippen molar-refractivity contribution in [2.45, 2.75) is 40.5 Å². The molecule has 0 radical (unpaired) electrons. The Bertz CT molecular complexity index is 240. The largest absolute Gasteiger partial charge is 0.342 e. The van der Waals surface area contributed by atoms with Gasteiger partial charge in [0.1, 0.15) is 0 Å². The Morgan fingerprint density at radius 1 is 1.28 bits per heavy atom. The molecular weight excluding hydrogens is 248 g/mol. The van der Waals surface area contributed by atoms with E-state index in [-0.39, 0.29) is 18.3 Å². The number of hydrogen-bond acceptors (Lipinski definition) is 2. The second-order valence-corrected chi connectivity index (χ2v) is 5.27. The van der Waals surface area contributed by atoms with Gasteiger partial charge in [-0.05, 0) is 31.8 Å². The standard InChI is InChI=1S/C14H28N2O.ClH/c1-5-12(6-2)10-16(7-3)14(17)11(4)13-8-15-9-13;/h11-13,15H,5-10H2,1-4H3;1H. The first-order valence-corrected chi connectivity index (χ1v) is 7.13. The first-order chi connectivity index (χ1) is 8.13. The Morgan fingerprint density at radius 3 is 2.17 bits per heavy atom. The third-order valence-electron chi connectivity index (χ3n) is 4.24. The molecule has 4 heteroatoms. The predicted molar refractivity (Wildman–Crippen MR) is 79.1 cm³/mol. The Kier molecular flexibility index (Phi) is 8.62. The zero-order valence-corrected chi connectivity index (χ0v) is 13.1. The summed E-state index contributed by atoms with van der Waals surface area (Å²) < 4.78 is 0. The molecule has 0 aromatic rings. The van der Waals surface area contributed by atoms with Crippen molar-refractivity contribution in [3.05, 3.63) is 0 Å². The van der Waals surface area contributed by atoms with Gasteiger partial charge in [0.05, 0.1) is 0 Å². The van der Waals surface area contributed by atoms with Gasteiger partial charge in [0.15, 0.2) is 0 Å². The smallest absolute Gasteiger partial charge is 0.225 e. The zero-order chi connectivity index (χ0) is 12.8. The maximum Gasteiger partial charge on any atom is 0.225 e. The van der Waals surface area contributed by atoms with E-state index in [4.69, 9.17) is 0 Å². The Morgan fingerprint density at radius 2 is 1.83 bits per heavy atom. The van der Waals surface area contributed by atoms with Crippen LogP contribution in [0.2, 0.25) is 0 Å². The summed E-state index contributed by atoms with van der Waals surface area (Å²) in [5.41, 5.74) is 0. The third-order valence-corrected chi connectivity index (χ3v) is 4.24. The second-order valence-electron chi connectivity index (χ2n) is 5.27. The van der Waals surface area contributed by atoms with E-state index in [1.807, 2.05) is 0 Å². The van der Waals surface area contributed by atoms with Crippen molar-refractivity contribution >= 4 is 18.3 Å². The van der Waals surface area contributed by atoms with Gasteiger partial charge < -0.3 is 10.2 Å². The molecule has 0 saturated carbocycles. The van der Waals surface area contributed by atoms with E-state index in [0.29, 0.717) is 17.7 Å². The van der Waals surface area contributed by atoms with Crippen LogP contribution in [0.25, 0.3) is 0 Å². The highest BCUT2D eigenvalue weighted by Gasteiger charge is 2.31. The molecule has 18 heavy (non-hydrogen) atoms. The highest BCUT2D eigenvalue weighted by Crippen LogP contribution is 2.20. The molecule has 0 aromatic carbocycles. The Balaban J connectivity index is 0.00000289. The Hall–Kier alpha value is -0.280. The first-order valence-electron chi connectivity index (χ1n) is 7.13. The van der Waals surface area contributed by atoms with E-state index in [1.165, 1.54) is 12.8 Å². The summed E-state index contributed by atoms with van der Waals surface area (Å²) in [5, 5.41) is 3.25. The molecular formula is C14H29ClN2O. The topological polar surface area (TPSA) is 32.3 Å². The van der Waals surface area contributed by atoms with Crippen LogP contribution in [-0.2, 0) is 4.79 Å². The molecule has 1 aliphatic heterocycles. The molecule has 1 fully saturated rings. The van der Waals surface area contributed by atoms with E-state index in [9.17, 15) is 4.79 Å². The lowest BCUT2D eigenvalue weighted by Crippen LogP contribution is -2.51. The number of carbonyl (C=O) groups is 1. The van der Waals surface area contributed by atoms with E-state index in [0.717, 1.165) is 26.2 Å². The van der Waals surface area contributed by atoms with Gasteiger partial charge in [-0.15, -0.1) is 12.4 Å². The lowest BCUT2D eigenvalue weighted by atomic mass is 9.87. The fourth-order valence-corrected chi connectivity index (χ4v) is 2.39. The molecule has 1 saturated heterocycles. The highest BCUT2D eigenvalue weighted by molar-refractivity contribution is 5.85. The molecule has 1 heterocycles. The molecule has 108 valence electrons. The zero-order valence-electron chi connectivity index (χ0n) is 12.2. The van der Waals surface area contributed by atoms with Crippen molar-refractivity contribution in [2.24, 2.45) is 17.8 Å². The maximum atomic E-state index is 12.4. The molecule has 1 amide bonds. The van der Waals surface area contributed by atoms with Crippen LogP contribution in [0.5, 0.6) is 0 Å². The minimum absolute atomic E-state index is 0. The fraction of sp³-hybridized carbons (Fsp3) is 0.929. The minimum atomic E-state index is 0. The van der Waals surface area contributed by atoms with Crippen LogP contribution in [-0.4, -0.2) is 37.0 Å². The molecule has 0 aliphatic carbocycles. The van der Waals surface area contributed by atoms with Gasteiger partial charge in [-0.1, -0.05) is 33.6 Å². The number of hydrogen-bond donors (Lipinski definition) is 1. The van der Waals surface area contributed by atoms with Gasteiger partial charge in [0.25, 0.3) is 0 Å². The van der Waals surface area contributed by atoms with E-state index >= 15 is 0 Å². The summed E-state index contributed by atoms with van der Waals surface area (Å²) in [6, 6.07) is 0. The number of amides is 1. The lowest BCUT2D eigenvalue weighted by Gasteiger charge is -2.35. The predicted octanol–water partition coefficient (Wildman–Crippen LogP) is 2.55. The first kappa shape index (κ1) is 17.7. The highest BCUT2D eigenvalue weighted by atomic mass is 35.5. The molecule has 0 bridgehead atoms. The number of nitrogens with one attached hydrogen (secondary N) is 1. The molecule has 3 nitrogen and oxygen atoms in total. The molecule has 1 aliphatic rings. The van der Waals surface area contributed by atoms with Crippen LogP contribution in [0, 0.1) is 17.8 Å². The second kappa shape index (κ2) is 8.76. The number of carbonyl (C=O) groups excluding carboxylic acids is 1. The van der Waals surface area contributed by atoms with Crippen molar-refractivity contribution in [3.8, 4) is 0 Å². The summed E-state index contributed by atoms with van der Waals surface area (Å²) >= 11 is 0. The fourth-order valence-electron chi connectivity index (χ4n) is 2.39. The van der Waals surface area contributed by atoms with Crippen molar-refractivity contribution < 1.29 is 4.79 Å².